The molecule has 6 nitrogen and oxygen atoms in total. The molecule has 2 amide bonds. The maximum atomic E-state index is 11.6. The quantitative estimate of drug-likeness (QED) is 0.640. The number of piperidine rings is 1. The Morgan fingerprint density at radius 2 is 2.10 bits per heavy atom. The summed E-state index contributed by atoms with van der Waals surface area (Å²) < 4.78 is 22.4. The van der Waals surface area contributed by atoms with Gasteiger partial charge in [0.25, 0.3) is 9.05 Å². The SMILES string of the molecule is O=C1CCC(CNc2cccc(S(=O)(=O)Cl)c2)C(=O)N1. The highest BCUT2D eigenvalue weighted by molar-refractivity contribution is 8.13. The molecule has 0 aliphatic carbocycles. The fourth-order valence-corrected chi connectivity index (χ4v) is 2.73. The van der Waals surface area contributed by atoms with E-state index in [9.17, 15) is 18.0 Å². The van der Waals surface area contributed by atoms with Crippen molar-refractivity contribution in [3.8, 4) is 0 Å². The van der Waals surface area contributed by atoms with Crippen LogP contribution in [-0.2, 0) is 18.6 Å². The largest absolute Gasteiger partial charge is 0.384 e. The lowest BCUT2D eigenvalue weighted by Crippen LogP contribution is -2.43. The summed E-state index contributed by atoms with van der Waals surface area (Å²) in [6, 6.07) is 6.02. The number of carbonyl (C=O) groups is 2. The van der Waals surface area contributed by atoms with Gasteiger partial charge in [0, 0.05) is 29.3 Å². The third-order valence-electron chi connectivity index (χ3n) is 3.02. The minimum Gasteiger partial charge on any atom is -0.384 e. The second-order valence-electron chi connectivity index (χ2n) is 4.49. The zero-order valence-corrected chi connectivity index (χ0v) is 12.0. The molecule has 1 atom stereocenters. The molecule has 1 unspecified atom stereocenters. The fourth-order valence-electron chi connectivity index (χ4n) is 1.93. The van der Waals surface area contributed by atoms with E-state index in [1.807, 2.05) is 0 Å². The molecule has 1 aliphatic rings. The molecule has 1 heterocycles. The lowest BCUT2D eigenvalue weighted by Gasteiger charge is -2.21. The Kier molecular flexibility index (Phi) is 4.29. The molecule has 1 aromatic carbocycles. The highest BCUT2D eigenvalue weighted by Gasteiger charge is 2.26. The van der Waals surface area contributed by atoms with Gasteiger partial charge in [-0.1, -0.05) is 6.07 Å². The van der Waals surface area contributed by atoms with Crippen LogP contribution in [0.3, 0.4) is 0 Å². The Bertz CT molecular complexity index is 645. The van der Waals surface area contributed by atoms with Crippen LogP contribution in [0.4, 0.5) is 5.69 Å². The lowest BCUT2D eigenvalue weighted by molar-refractivity contribution is -0.135. The van der Waals surface area contributed by atoms with Gasteiger partial charge in [-0.3, -0.25) is 14.9 Å². The van der Waals surface area contributed by atoms with Gasteiger partial charge in [0.15, 0.2) is 0 Å². The van der Waals surface area contributed by atoms with Crippen LogP contribution in [0.5, 0.6) is 0 Å². The van der Waals surface area contributed by atoms with Crippen LogP contribution in [0.15, 0.2) is 29.2 Å². The minimum atomic E-state index is -3.78. The van der Waals surface area contributed by atoms with Gasteiger partial charge in [-0.05, 0) is 24.6 Å². The second kappa shape index (κ2) is 5.80. The topological polar surface area (TPSA) is 92.3 Å². The van der Waals surface area contributed by atoms with Crippen molar-refractivity contribution in [3.05, 3.63) is 24.3 Å². The molecule has 1 fully saturated rings. The lowest BCUT2D eigenvalue weighted by atomic mass is 9.98. The predicted molar refractivity (Wildman–Crippen MR) is 73.8 cm³/mol. The standard InChI is InChI=1S/C12H13ClN2O4S/c13-20(18,19)10-3-1-2-9(6-10)14-7-8-4-5-11(16)15-12(8)17/h1-3,6,8,14H,4-5,7H2,(H,15,16,17). The van der Waals surface area contributed by atoms with E-state index in [2.05, 4.69) is 10.6 Å². The Morgan fingerprint density at radius 3 is 2.75 bits per heavy atom. The summed E-state index contributed by atoms with van der Waals surface area (Å²) in [5.41, 5.74) is 0.552. The first-order valence-electron chi connectivity index (χ1n) is 5.98. The highest BCUT2D eigenvalue weighted by atomic mass is 35.7. The van der Waals surface area contributed by atoms with Crippen molar-refractivity contribution >= 4 is 37.2 Å². The molecule has 108 valence electrons. The number of halogens is 1. The number of anilines is 1. The molecule has 8 heteroatoms. The van der Waals surface area contributed by atoms with Crippen LogP contribution in [0.2, 0.25) is 0 Å². The van der Waals surface area contributed by atoms with Crippen molar-refractivity contribution in [1.29, 1.82) is 0 Å². The monoisotopic (exact) mass is 316 g/mol. The average Bonchev–Trinajstić information content (AvgIpc) is 2.37. The Morgan fingerprint density at radius 1 is 1.35 bits per heavy atom. The zero-order valence-electron chi connectivity index (χ0n) is 10.4. The van der Waals surface area contributed by atoms with Crippen molar-refractivity contribution in [2.75, 3.05) is 11.9 Å². The maximum Gasteiger partial charge on any atom is 0.261 e. The maximum absolute atomic E-state index is 11.6. The van der Waals surface area contributed by atoms with Gasteiger partial charge < -0.3 is 5.32 Å². The fraction of sp³-hybridized carbons (Fsp3) is 0.333. The number of amides is 2. The minimum absolute atomic E-state index is 0.00700. The van der Waals surface area contributed by atoms with Crippen LogP contribution in [0.25, 0.3) is 0 Å². The first kappa shape index (κ1) is 14.8. The van der Waals surface area contributed by atoms with E-state index in [-0.39, 0.29) is 22.6 Å². The van der Waals surface area contributed by atoms with E-state index >= 15 is 0 Å². The molecule has 0 aromatic heterocycles. The van der Waals surface area contributed by atoms with E-state index in [0.717, 1.165) is 0 Å². The van der Waals surface area contributed by atoms with E-state index in [4.69, 9.17) is 10.7 Å². The van der Waals surface area contributed by atoms with Crippen LogP contribution >= 0.6 is 10.7 Å². The molecule has 2 N–H and O–H groups in total. The molecule has 1 aliphatic heterocycles. The molecule has 0 spiro atoms. The summed E-state index contributed by atoms with van der Waals surface area (Å²) in [5.74, 6) is -0.889. The Balaban J connectivity index is 2.01. The summed E-state index contributed by atoms with van der Waals surface area (Å²) in [4.78, 5) is 22.6. The Labute approximate surface area is 120 Å². The average molecular weight is 317 g/mol. The van der Waals surface area contributed by atoms with Gasteiger partial charge in [0.1, 0.15) is 0 Å². The van der Waals surface area contributed by atoms with E-state index in [0.29, 0.717) is 25.1 Å². The predicted octanol–water partition coefficient (Wildman–Crippen LogP) is 1.08. The number of nitrogens with one attached hydrogen (secondary N) is 2. The molecule has 1 saturated heterocycles. The third-order valence-corrected chi connectivity index (χ3v) is 4.37. The summed E-state index contributed by atoms with van der Waals surface area (Å²) in [7, 11) is 1.48. The van der Waals surface area contributed by atoms with Crippen molar-refractivity contribution in [2.45, 2.75) is 17.7 Å². The van der Waals surface area contributed by atoms with E-state index in [1.165, 1.54) is 12.1 Å². The second-order valence-corrected chi connectivity index (χ2v) is 7.06. The van der Waals surface area contributed by atoms with Gasteiger partial charge in [0.2, 0.25) is 11.8 Å². The number of hydrogen-bond acceptors (Lipinski definition) is 5. The molecular weight excluding hydrogens is 304 g/mol. The molecule has 0 bridgehead atoms. The van der Waals surface area contributed by atoms with Gasteiger partial charge in [-0.2, -0.15) is 0 Å². The van der Waals surface area contributed by atoms with Crippen molar-refractivity contribution in [3.63, 3.8) is 0 Å². The highest BCUT2D eigenvalue weighted by Crippen LogP contribution is 2.20. The third kappa shape index (κ3) is 3.71. The first-order valence-corrected chi connectivity index (χ1v) is 8.29. The van der Waals surface area contributed by atoms with Crippen LogP contribution < -0.4 is 10.6 Å². The van der Waals surface area contributed by atoms with Crippen LogP contribution in [0.1, 0.15) is 12.8 Å². The molecule has 1 aromatic rings. The van der Waals surface area contributed by atoms with Gasteiger partial charge >= 0.3 is 0 Å². The summed E-state index contributed by atoms with van der Waals surface area (Å²) in [6.07, 6.45) is 0.791. The molecule has 2 rings (SSSR count). The van der Waals surface area contributed by atoms with Gasteiger partial charge in [-0.25, -0.2) is 8.42 Å². The number of imide groups is 1. The molecule has 20 heavy (non-hydrogen) atoms. The van der Waals surface area contributed by atoms with Crippen molar-refractivity contribution < 1.29 is 18.0 Å². The van der Waals surface area contributed by atoms with Crippen LogP contribution in [-0.4, -0.2) is 26.8 Å². The van der Waals surface area contributed by atoms with E-state index in [1.54, 1.807) is 12.1 Å². The van der Waals surface area contributed by atoms with Crippen LogP contribution in [0, 0.1) is 5.92 Å². The van der Waals surface area contributed by atoms with Crippen molar-refractivity contribution in [1.82, 2.24) is 5.32 Å². The smallest absolute Gasteiger partial charge is 0.261 e. The first-order chi connectivity index (χ1) is 9.36. The number of rotatable bonds is 4. The van der Waals surface area contributed by atoms with Gasteiger partial charge in [0.05, 0.1) is 10.8 Å². The summed E-state index contributed by atoms with van der Waals surface area (Å²) in [5, 5.41) is 5.24. The van der Waals surface area contributed by atoms with E-state index < -0.39 is 9.05 Å². The number of hydrogen-bond donors (Lipinski definition) is 2. The van der Waals surface area contributed by atoms with Gasteiger partial charge in [-0.15, -0.1) is 0 Å². The number of benzene rings is 1. The molecule has 0 radical (unpaired) electrons. The Hall–Kier alpha value is -1.60. The summed E-state index contributed by atoms with van der Waals surface area (Å²) in [6.45, 7) is 0.324. The summed E-state index contributed by atoms with van der Waals surface area (Å²) >= 11 is 0. The normalized spacial score (nSPS) is 19.6. The number of carbonyl (C=O) groups excluding carboxylic acids is 2. The molecule has 0 saturated carbocycles. The zero-order chi connectivity index (χ0) is 14.8. The molecular formula is C12H13ClN2O4S. The van der Waals surface area contributed by atoms with Crippen molar-refractivity contribution in [2.24, 2.45) is 5.92 Å².